The Hall–Kier alpha value is -2.21. The minimum Gasteiger partial charge on any atom is -0.338 e. The molecule has 1 aliphatic heterocycles. The van der Waals surface area contributed by atoms with Gasteiger partial charge in [0.05, 0.1) is 22.6 Å². The van der Waals surface area contributed by atoms with Gasteiger partial charge in [0, 0.05) is 18.5 Å². The van der Waals surface area contributed by atoms with Crippen molar-refractivity contribution >= 4 is 27.4 Å². The fourth-order valence-corrected chi connectivity index (χ4v) is 4.36. The number of rotatable bonds is 2. The Balaban J connectivity index is 1.84. The lowest BCUT2D eigenvalue weighted by Gasteiger charge is -2.25. The number of benzene rings is 1. The second kappa shape index (κ2) is 5.70. The maximum absolute atomic E-state index is 12.7. The topological polar surface area (TPSA) is 51.0 Å². The molecule has 6 heteroatoms. The summed E-state index contributed by atoms with van der Waals surface area (Å²) >= 11 is 1.72. The highest BCUT2D eigenvalue weighted by Crippen LogP contribution is 2.37. The Morgan fingerprint density at radius 1 is 1.21 bits per heavy atom. The third kappa shape index (κ3) is 2.33. The molecule has 1 fully saturated rings. The Kier molecular flexibility index (Phi) is 3.64. The van der Waals surface area contributed by atoms with Crippen LogP contribution < -0.4 is 10.5 Å². The maximum Gasteiger partial charge on any atom is 0.261 e. The monoisotopic (exact) mass is 340 g/mol. The normalized spacial score (nSPS) is 17.8. The van der Waals surface area contributed by atoms with Crippen molar-refractivity contribution in [3.05, 3.63) is 51.0 Å². The third-order valence-electron chi connectivity index (χ3n) is 4.83. The van der Waals surface area contributed by atoms with E-state index in [1.807, 2.05) is 38.2 Å². The zero-order valence-electron chi connectivity index (χ0n) is 14.1. The van der Waals surface area contributed by atoms with E-state index >= 15 is 0 Å². The molecule has 3 aromatic rings. The van der Waals surface area contributed by atoms with Crippen molar-refractivity contribution in [2.45, 2.75) is 32.7 Å². The molecular formula is C18H20N4OS. The molecule has 0 saturated carbocycles. The minimum atomic E-state index is 0.0222. The molecule has 0 radical (unpaired) electrons. The van der Waals surface area contributed by atoms with Crippen LogP contribution in [0.15, 0.2) is 29.1 Å². The van der Waals surface area contributed by atoms with Crippen LogP contribution in [0.2, 0.25) is 0 Å². The largest absolute Gasteiger partial charge is 0.338 e. The number of aromatic nitrogens is 3. The maximum atomic E-state index is 12.7. The fourth-order valence-electron chi connectivity index (χ4n) is 3.38. The quantitative estimate of drug-likeness (QED) is 0.718. The van der Waals surface area contributed by atoms with Crippen LogP contribution in [0, 0.1) is 13.8 Å². The summed E-state index contributed by atoms with van der Waals surface area (Å²) in [4.78, 5) is 25.8. The van der Waals surface area contributed by atoms with E-state index in [9.17, 15) is 4.79 Å². The van der Waals surface area contributed by atoms with E-state index in [4.69, 9.17) is 9.97 Å². The molecule has 1 aromatic carbocycles. The molecule has 0 spiro atoms. The number of fused-ring (bicyclic) bond motifs is 1. The summed E-state index contributed by atoms with van der Waals surface area (Å²) in [7, 11) is 1.83. The van der Waals surface area contributed by atoms with Crippen LogP contribution >= 0.6 is 11.3 Å². The van der Waals surface area contributed by atoms with Crippen LogP contribution in [0.25, 0.3) is 10.9 Å². The molecule has 124 valence electrons. The lowest BCUT2D eigenvalue weighted by Crippen LogP contribution is -2.30. The molecule has 1 saturated heterocycles. The van der Waals surface area contributed by atoms with Crippen molar-refractivity contribution < 1.29 is 0 Å². The second-order valence-corrected chi connectivity index (χ2v) is 7.52. The second-order valence-electron chi connectivity index (χ2n) is 6.34. The van der Waals surface area contributed by atoms with E-state index in [0.717, 1.165) is 41.6 Å². The van der Waals surface area contributed by atoms with E-state index in [-0.39, 0.29) is 11.6 Å². The van der Waals surface area contributed by atoms with Gasteiger partial charge >= 0.3 is 0 Å². The highest BCUT2D eigenvalue weighted by Gasteiger charge is 2.31. The van der Waals surface area contributed by atoms with Crippen molar-refractivity contribution in [1.29, 1.82) is 0 Å². The van der Waals surface area contributed by atoms with E-state index in [2.05, 4.69) is 11.8 Å². The van der Waals surface area contributed by atoms with Gasteiger partial charge in [-0.1, -0.05) is 12.1 Å². The van der Waals surface area contributed by atoms with Gasteiger partial charge in [-0.3, -0.25) is 9.36 Å². The predicted octanol–water partition coefficient (Wildman–Crippen LogP) is 3.35. The number of para-hydroxylation sites is 1. The zero-order chi connectivity index (χ0) is 16.8. The van der Waals surface area contributed by atoms with Crippen LogP contribution in [-0.2, 0) is 7.05 Å². The van der Waals surface area contributed by atoms with E-state index in [1.54, 1.807) is 15.9 Å². The van der Waals surface area contributed by atoms with Crippen molar-refractivity contribution in [1.82, 2.24) is 14.5 Å². The lowest BCUT2D eigenvalue weighted by atomic mass is 10.2. The molecule has 1 aliphatic rings. The van der Waals surface area contributed by atoms with E-state index in [1.165, 1.54) is 4.88 Å². The molecule has 0 N–H and O–H groups in total. The summed E-state index contributed by atoms with van der Waals surface area (Å²) < 4.78 is 1.71. The highest BCUT2D eigenvalue weighted by atomic mass is 32.1. The van der Waals surface area contributed by atoms with Crippen LogP contribution in [0.5, 0.6) is 0 Å². The van der Waals surface area contributed by atoms with Gasteiger partial charge in [0.25, 0.3) is 5.56 Å². The Morgan fingerprint density at radius 3 is 2.75 bits per heavy atom. The molecule has 0 aliphatic carbocycles. The molecule has 5 nitrogen and oxygen atoms in total. The lowest BCUT2D eigenvalue weighted by molar-refractivity contribution is 0.610. The zero-order valence-corrected chi connectivity index (χ0v) is 14.9. The average Bonchev–Trinajstić information content (AvgIpc) is 3.18. The van der Waals surface area contributed by atoms with Gasteiger partial charge < -0.3 is 4.90 Å². The van der Waals surface area contributed by atoms with Crippen molar-refractivity contribution in [3.8, 4) is 0 Å². The summed E-state index contributed by atoms with van der Waals surface area (Å²) in [5.74, 6) is 0.835. The van der Waals surface area contributed by atoms with Gasteiger partial charge in [-0.25, -0.2) is 9.97 Å². The smallest absolute Gasteiger partial charge is 0.261 e. The van der Waals surface area contributed by atoms with Gasteiger partial charge in [-0.2, -0.15) is 0 Å². The Bertz CT molecular complexity index is 955. The number of hydrogen-bond acceptors (Lipinski definition) is 5. The average molecular weight is 340 g/mol. The molecule has 1 atom stereocenters. The highest BCUT2D eigenvalue weighted by molar-refractivity contribution is 7.15. The summed E-state index contributed by atoms with van der Waals surface area (Å²) in [5, 5.41) is 1.71. The Morgan fingerprint density at radius 2 is 2.00 bits per heavy atom. The number of anilines is 1. The van der Waals surface area contributed by atoms with E-state index < -0.39 is 0 Å². The van der Waals surface area contributed by atoms with Crippen LogP contribution in [0.1, 0.15) is 35.3 Å². The van der Waals surface area contributed by atoms with Crippen molar-refractivity contribution in [3.63, 3.8) is 0 Å². The molecule has 0 amide bonds. The summed E-state index contributed by atoms with van der Waals surface area (Å²) in [6.45, 7) is 5.11. The summed E-state index contributed by atoms with van der Waals surface area (Å²) in [5.41, 5.74) is 1.88. The van der Waals surface area contributed by atoms with Gasteiger partial charge in [0.15, 0.2) is 5.13 Å². The first-order chi connectivity index (χ1) is 11.6. The molecule has 1 unspecified atom stereocenters. The van der Waals surface area contributed by atoms with Crippen LogP contribution in [-0.4, -0.2) is 21.1 Å². The molecule has 4 rings (SSSR count). The first kappa shape index (κ1) is 15.3. The minimum absolute atomic E-state index is 0.0222. The molecule has 24 heavy (non-hydrogen) atoms. The number of nitrogens with zero attached hydrogens (tertiary/aromatic N) is 4. The van der Waals surface area contributed by atoms with Gasteiger partial charge in [-0.15, -0.1) is 11.3 Å². The van der Waals surface area contributed by atoms with Gasteiger partial charge in [0.2, 0.25) is 0 Å². The molecular weight excluding hydrogens is 320 g/mol. The summed E-state index contributed by atoms with van der Waals surface area (Å²) in [6, 6.07) is 7.68. The molecule has 2 aromatic heterocycles. The SMILES string of the molecule is Cc1nc(N2CCCC2c2nc3ccccc3c(=O)n2C)sc1C. The first-order valence-electron chi connectivity index (χ1n) is 8.22. The number of thiazole rings is 1. The Labute approximate surface area is 144 Å². The predicted molar refractivity (Wildman–Crippen MR) is 97.9 cm³/mol. The third-order valence-corrected chi connectivity index (χ3v) is 5.94. The molecule has 0 bridgehead atoms. The standard InChI is InChI=1S/C18H20N4OS/c1-11-12(2)24-18(19-11)22-10-6-9-15(22)16-20-14-8-5-4-7-13(14)17(23)21(16)3/h4-5,7-8,15H,6,9-10H2,1-3H3. The van der Waals surface area contributed by atoms with Gasteiger partial charge in [-0.05, 0) is 38.8 Å². The number of hydrogen-bond donors (Lipinski definition) is 0. The first-order valence-corrected chi connectivity index (χ1v) is 9.04. The summed E-state index contributed by atoms with van der Waals surface area (Å²) in [6.07, 6.45) is 2.08. The van der Waals surface area contributed by atoms with Gasteiger partial charge in [0.1, 0.15) is 5.82 Å². The van der Waals surface area contributed by atoms with E-state index in [0.29, 0.717) is 5.39 Å². The van der Waals surface area contributed by atoms with Crippen LogP contribution in [0.4, 0.5) is 5.13 Å². The number of aryl methyl sites for hydroxylation is 2. The molecule has 3 heterocycles. The van der Waals surface area contributed by atoms with Crippen molar-refractivity contribution in [2.24, 2.45) is 7.05 Å². The fraction of sp³-hybridized carbons (Fsp3) is 0.389. The van der Waals surface area contributed by atoms with Crippen molar-refractivity contribution in [2.75, 3.05) is 11.4 Å². The van der Waals surface area contributed by atoms with Crippen LogP contribution in [0.3, 0.4) is 0 Å².